The van der Waals surface area contributed by atoms with E-state index in [9.17, 15) is 9.59 Å². The van der Waals surface area contributed by atoms with E-state index >= 15 is 0 Å². The van der Waals surface area contributed by atoms with Crippen LogP contribution in [0.4, 0.5) is 5.69 Å². The van der Waals surface area contributed by atoms with Gasteiger partial charge in [0.2, 0.25) is 5.82 Å². The first-order chi connectivity index (χ1) is 22.5. The van der Waals surface area contributed by atoms with Crippen LogP contribution in [0.25, 0.3) is 11.4 Å². The Hall–Kier alpha value is -5.34. The first-order valence-corrected chi connectivity index (χ1v) is 15.9. The van der Waals surface area contributed by atoms with Crippen molar-refractivity contribution in [2.24, 2.45) is 0 Å². The SMILES string of the molecule is CCOC(=O)CN(C(=O)c1ccc(-c2nnn(Cc3ccc(OC)cc3)n2)cc1)c1cccc(C#Cc2nc(C3CCC3)cs2)c1. The zero-order valence-electron chi connectivity index (χ0n) is 25.6. The van der Waals surface area contributed by atoms with E-state index in [1.165, 1.54) is 29.0 Å². The molecule has 1 fully saturated rings. The molecule has 0 bridgehead atoms. The number of benzene rings is 3. The lowest BCUT2D eigenvalue weighted by molar-refractivity contribution is -0.141. The van der Waals surface area contributed by atoms with Crippen molar-refractivity contribution in [1.82, 2.24) is 25.2 Å². The highest BCUT2D eigenvalue weighted by Gasteiger charge is 2.23. The Bertz CT molecular complexity index is 1880. The van der Waals surface area contributed by atoms with Gasteiger partial charge in [0.25, 0.3) is 5.91 Å². The van der Waals surface area contributed by atoms with Gasteiger partial charge in [-0.1, -0.05) is 42.7 Å². The van der Waals surface area contributed by atoms with Gasteiger partial charge in [-0.25, -0.2) is 4.98 Å². The van der Waals surface area contributed by atoms with E-state index in [0.29, 0.717) is 40.7 Å². The predicted octanol–water partition coefficient (Wildman–Crippen LogP) is 5.73. The van der Waals surface area contributed by atoms with Gasteiger partial charge in [0.15, 0.2) is 5.01 Å². The smallest absolute Gasteiger partial charge is 0.326 e. The Kier molecular flexibility index (Phi) is 9.45. The molecule has 232 valence electrons. The summed E-state index contributed by atoms with van der Waals surface area (Å²) in [5.41, 5.74) is 4.46. The Morgan fingerprint density at radius 1 is 1.04 bits per heavy atom. The summed E-state index contributed by atoms with van der Waals surface area (Å²) in [4.78, 5) is 34.0. The fraction of sp³-hybridized carbons (Fsp3) is 0.257. The van der Waals surface area contributed by atoms with Crippen LogP contribution in [0.1, 0.15) is 64.3 Å². The first kappa shape index (κ1) is 30.7. The van der Waals surface area contributed by atoms with Gasteiger partial charge in [-0.05, 0) is 78.9 Å². The summed E-state index contributed by atoms with van der Waals surface area (Å²) in [6.45, 7) is 2.15. The Balaban J connectivity index is 1.18. The number of tetrazole rings is 1. The van der Waals surface area contributed by atoms with Crippen LogP contribution in [0, 0.1) is 11.8 Å². The molecule has 2 heterocycles. The van der Waals surface area contributed by atoms with E-state index in [0.717, 1.165) is 22.0 Å². The monoisotopic (exact) mass is 632 g/mol. The third kappa shape index (κ3) is 7.30. The highest BCUT2D eigenvalue weighted by atomic mass is 32.1. The second kappa shape index (κ2) is 14.2. The minimum absolute atomic E-state index is 0.212. The standard InChI is InChI=1S/C35H32N6O4S/c1-3-45-33(42)22-40(29-9-4-6-24(20-29)12-19-32-36-31(23-46-32)26-7-5-8-26)35(43)28-15-13-27(14-16-28)34-37-39-41(38-34)21-25-10-17-30(44-2)18-11-25/h4,6,9-11,13-18,20,23,26H,3,5,7-8,21-22H2,1-2H3. The number of hydrogen-bond donors (Lipinski definition) is 0. The van der Waals surface area contributed by atoms with E-state index in [2.05, 4.69) is 37.6 Å². The molecule has 5 aromatic rings. The van der Waals surface area contributed by atoms with Crippen molar-refractivity contribution in [2.45, 2.75) is 38.6 Å². The van der Waals surface area contributed by atoms with Gasteiger partial charge in [0.1, 0.15) is 12.3 Å². The van der Waals surface area contributed by atoms with Gasteiger partial charge in [0, 0.05) is 33.7 Å². The number of amides is 1. The van der Waals surface area contributed by atoms with E-state index in [1.807, 2.05) is 36.4 Å². The van der Waals surface area contributed by atoms with E-state index in [1.54, 1.807) is 61.8 Å². The average molecular weight is 633 g/mol. The molecular formula is C35H32N6O4S. The summed E-state index contributed by atoms with van der Waals surface area (Å²) in [5.74, 6) is 7.22. The minimum Gasteiger partial charge on any atom is -0.497 e. The Morgan fingerprint density at radius 3 is 2.57 bits per heavy atom. The molecule has 1 amide bonds. The molecule has 3 aromatic carbocycles. The Labute approximate surface area is 271 Å². The number of carbonyl (C=O) groups excluding carboxylic acids is 2. The molecular weight excluding hydrogens is 600 g/mol. The fourth-order valence-electron chi connectivity index (χ4n) is 4.97. The highest BCUT2D eigenvalue weighted by molar-refractivity contribution is 7.10. The maximum Gasteiger partial charge on any atom is 0.326 e. The number of carbonyl (C=O) groups is 2. The maximum atomic E-state index is 13.8. The predicted molar refractivity (Wildman–Crippen MR) is 175 cm³/mol. The lowest BCUT2D eigenvalue weighted by atomic mass is 9.83. The number of ether oxygens (including phenoxy) is 2. The normalized spacial score (nSPS) is 12.5. The van der Waals surface area contributed by atoms with Crippen molar-refractivity contribution in [2.75, 3.05) is 25.2 Å². The number of rotatable bonds is 10. The number of thiazole rings is 1. The molecule has 6 rings (SSSR count). The van der Waals surface area contributed by atoms with Gasteiger partial charge >= 0.3 is 5.97 Å². The molecule has 1 aliphatic carbocycles. The quantitative estimate of drug-likeness (QED) is 0.142. The van der Waals surface area contributed by atoms with Gasteiger partial charge in [-0.3, -0.25) is 14.5 Å². The summed E-state index contributed by atoms with van der Waals surface area (Å²) >= 11 is 1.55. The van der Waals surface area contributed by atoms with Gasteiger partial charge in [-0.2, -0.15) is 4.80 Å². The average Bonchev–Trinajstić information content (AvgIpc) is 3.72. The number of nitrogens with zero attached hydrogens (tertiary/aromatic N) is 6. The summed E-state index contributed by atoms with van der Waals surface area (Å²) in [6.07, 6.45) is 3.64. The molecule has 0 aliphatic heterocycles. The number of hydrogen-bond acceptors (Lipinski definition) is 9. The molecule has 2 aromatic heterocycles. The molecule has 0 radical (unpaired) electrons. The van der Waals surface area contributed by atoms with Crippen LogP contribution in [0.3, 0.4) is 0 Å². The fourth-order valence-corrected chi connectivity index (χ4v) is 5.71. The zero-order valence-corrected chi connectivity index (χ0v) is 26.4. The zero-order chi connectivity index (χ0) is 31.9. The van der Waals surface area contributed by atoms with Crippen LogP contribution in [0.2, 0.25) is 0 Å². The minimum atomic E-state index is -0.507. The van der Waals surface area contributed by atoms with Crippen LogP contribution in [-0.4, -0.2) is 57.3 Å². The summed E-state index contributed by atoms with van der Waals surface area (Å²) in [7, 11) is 1.63. The Morgan fingerprint density at radius 2 is 1.85 bits per heavy atom. The summed E-state index contributed by atoms with van der Waals surface area (Å²) in [6, 6.07) is 21.8. The van der Waals surface area contributed by atoms with Crippen molar-refractivity contribution in [3.63, 3.8) is 0 Å². The molecule has 46 heavy (non-hydrogen) atoms. The highest BCUT2D eigenvalue weighted by Crippen LogP contribution is 2.36. The second-order valence-electron chi connectivity index (χ2n) is 10.8. The van der Waals surface area contributed by atoms with Crippen molar-refractivity contribution in [3.05, 3.63) is 106 Å². The largest absolute Gasteiger partial charge is 0.497 e. The lowest BCUT2D eigenvalue weighted by Crippen LogP contribution is -2.36. The molecule has 1 aliphatic rings. The van der Waals surface area contributed by atoms with Crippen LogP contribution >= 0.6 is 11.3 Å². The topological polar surface area (TPSA) is 112 Å². The summed E-state index contributed by atoms with van der Waals surface area (Å²) < 4.78 is 10.4. The number of anilines is 1. The molecule has 0 spiro atoms. The molecule has 1 saturated carbocycles. The van der Waals surface area contributed by atoms with Crippen molar-refractivity contribution in [3.8, 4) is 29.0 Å². The molecule has 10 nitrogen and oxygen atoms in total. The third-order valence-electron chi connectivity index (χ3n) is 7.68. The van der Waals surface area contributed by atoms with Crippen LogP contribution < -0.4 is 9.64 Å². The second-order valence-corrected chi connectivity index (χ2v) is 11.6. The van der Waals surface area contributed by atoms with Gasteiger partial charge in [0.05, 0.1) is 26.0 Å². The van der Waals surface area contributed by atoms with Crippen molar-refractivity contribution in [1.29, 1.82) is 0 Å². The molecule has 11 heteroatoms. The number of methoxy groups -OCH3 is 1. The van der Waals surface area contributed by atoms with Gasteiger partial charge < -0.3 is 9.47 Å². The maximum absolute atomic E-state index is 13.8. The molecule has 0 unspecified atom stereocenters. The van der Waals surface area contributed by atoms with E-state index < -0.39 is 5.97 Å². The third-order valence-corrected chi connectivity index (χ3v) is 8.46. The first-order valence-electron chi connectivity index (χ1n) is 15.0. The van der Waals surface area contributed by atoms with E-state index in [-0.39, 0.29) is 19.1 Å². The van der Waals surface area contributed by atoms with Crippen LogP contribution in [0.5, 0.6) is 5.75 Å². The van der Waals surface area contributed by atoms with Crippen molar-refractivity contribution >= 4 is 28.9 Å². The number of esters is 1. The van der Waals surface area contributed by atoms with Gasteiger partial charge in [-0.15, -0.1) is 21.5 Å². The summed E-state index contributed by atoms with van der Waals surface area (Å²) in [5, 5.41) is 15.7. The van der Waals surface area contributed by atoms with Crippen LogP contribution in [0.15, 0.2) is 78.2 Å². The molecule has 0 atom stereocenters. The van der Waals surface area contributed by atoms with Crippen LogP contribution in [-0.2, 0) is 16.1 Å². The molecule has 0 saturated heterocycles. The van der Waals surface area contributed by atoms with E-state index in [4.69, 9.17) is 9.47 Å². The number of aromatic nitrogens is 5. The lowest BCUT2D eigenvalue weighted by Gasteiger charge is -2.22. The molecule has 0 N–H and O–H groups in total. The van der Waals surface area contributed by atoms with Crippen molar-refractivity contribution < 1.29 is 19.1 Å².